The second kappa shape index (κ2) is 5.57. The quantitative estimate of drug-likeness (QED) is 0.735. The molecule has 0 amide bonds. The monoisotopic (exact) mass is 380 g/mol. The summed E-state index contributed by atoms with van der Waals surface area (Å²) in [7, 11) is 0. The fourth-order valence-electron chi connectivity index (χ4n) is 4.02. The van der Waals surface area contributed by atoms with Crippen LogP contribution in [0, 0.1) is 5.41 Å². The lowest BCUT2D eigenvalue weighted by Crippen LogP contribution is -2.60. The van der Waals surface area contributed by atoms with Crippen molar-refractivity contribution < 1.29 is 9.53 Å². The van der Waals surface area contributed by atoms with Crippen molar-refractivity contribution in [1.29, 1.82) is 0 Å². The van der Waals surface area contributed by atoms with E-state index in [1.807, 2.05) is 32.9 Å². The number of halogens is 1. The Bertz CT molecular complexity index is 632. The Morgan fingerprint density at radius 1 is 1.30 bits per heavy atom. The highest BCUT2D eigenvalue weighted by molar-refractivity contribution is 9.10. The first-order valence-electron chi connectivity index (χ1n) is 8.20. The smallest absolute Gasteiger partial charge is 0.331 e. The van der Waals surface area contributed by atoms with Gasteiger partial charge in [-0.15, -0.1) is 0 Å². The maximum absolute atomic E-state index is 13.1. The van der Waals surface area contributed by atoms with Crippen molar-refractivity contribution in [1.82, 2.24) is 5.32 Å². The van der Waals surface area contributed by atoms with Gasteiger partial charge in [-0.1, -0.05) is 22.0 Å². The number of esters is 1. The van der Waals surface area contributed by atoms with E-state index in [9.17, 15) is 4.79 Å². The number of nitrogens with two attached hydrogens (primary N) is 1. The zero-order valence-corrected chi connectivity index (χ0v) is 15.6. The minimum atomic E-state index is -1.08. The number of nitrogens with one attached hydrogen (secondary N) is 1. The molecule has 5 heteroatoms. The summed E-state index contributed by atoms with van der Waals surface area (Å²) in [6.07, 6.45) is 2.61. The van der Waals surface area contributed by atoms with E-state index in [4.69, 9.17) is 10.5 Å². The van der Waals surface area contributed by atoms with Crippen LogP contribution in [0.25, 0.3) is 0 Å². The van der Waals surface area contributed by atoms with Crippen LogP contribution in [-0.4, -0.2) is 24.7 Å². The molecule has 3 rings (SSSR count). The summed E-state index contributed by atoms with van der Waals surface area (Å²) in [6, 6.07) is 6.10. The van der Waals surface area contributed by atoms with Gasteiger partial charge in [0.1, 0.15) is 11.1 Å². The minimum Gasteiger partial charge on any atom is -0.458 e. The molecule has 0 aromatic heterocycles. The zero-order chi connectivity index (χ0) is 16.9. The maximum atomic E-state index is 13.1. The van der Waals surface area contributed by atoms with Gasteiger partial charge in [0, 0.05) is 9.89 Å². The van der Waals surface area contributed by atoms with Gasteiger partial charge in [0.25, 0.3) is 0 Å². The molecule has 1 saturated heterocycles. The van der Waals surface area contributed by atoms with Crippen molar-refractivity contribution in [3.8, 4) is 0 Å². The average molecular weight is 381 g/mol. The van der Waals surface area contributed by atoms with Crippen LogP contribution in [0.4, 0.5) is 0 Å². The summed E-state index contributed by atoms with van der Waals surface area (Å²) < 4.78 is 6.69. The molecule has 0 saturated carbocycles. The maximum Gasteiger partial charge on any atom is 0.331 e. The Labute approximate surface area is 146 Å². The van der Waals surface area contributed by atoms with E-state index >= 15 is 0 Å². The first-order valence-corrected chi connectivity index (χ1v) is 8.99. The lowest BCUT2D eigenvalue weighted by Gasteiger charge is -2.45. The van der Waals surface area contributed by atoms with Crippen molar-refractivity contribution >= 4 is 21.9 Å². The van der Waals surface area contributed by atoms with Gasteiger partial charge < -0.3 is 15.8 Å². The Morgan fingerprint density at radius 3 is 2.57 bits per heavy atom. The molecule has 1 atom stereocenters. The van der Waals surface area contributed by atoms with Crippen molar-refractivity contribution in [2.45, 2.75) is 51.2 Å². The van der Waals surface area contributed by atoms with Crippen molar-refractivity contribution in [3.63, 3.8) is 0 Å². The fraction of sp³-hybridized carbons (Fsp3) is 0.611. The minimum absolute atomic E-state index is 0.260. The van der Waals surface area contributed by atoms with Gasteiger partial charge in [-0.25, -0.2) is 4.79 Å². The van der Waals surface area contributed by atoms with Gasteiger partial charge in [-0.05, 0) is 76.4 Å². The first-order chi connectivity index (χ1) is 10.7. The predicted molar refractivity (Wildman–Crippen MR) is 94.1 cm³/mol. The van der Waals surface area contributed by atoms with Crippen LogP contribution < -0.4 is 11.1 Å². The number of carbonyl (C=O) groups excluding carboxylic acids is 1. The standard InChI is InChI=1S/C18H25BrN2O2/c1-16(2,3)23-15(22)18(20)14-10-13(19)5-4-12(14)11-17(18)6-8-21-9-7-17/h4-5,10,21H,6-9,11,20H2,1-3H3. The highest BCUT2D eigenvalue weighted by Crippen LogP contribution is 2.55. The molecule has 0 bridgehead atoms. The number of hydrogen-bond donors (Lipinski definition) is 2. The number of fused-ring (bicyclic) bond motifs is 1. The van der Waals surface area contributed by atoms with E-state index in [0.29, 0.717) is 0 Å². The van der Waals surface area contributed by atoms with Crippen molar-refractivity contribution in [3.05, 3.63) is 33.8 Å². The number of rotatable bonds is 1. The van der Waals surface area contributed by atoms with E-state index in [1.54, 1.807) is 0 Å². The Balaban J connectivity index is 2.11. The lowest BCUT2D eigenvalue weighted by molar-refractivity contribution is -0.168. The zero-order valence-electron chi connectivity index (χ0n) is 14.0. The molecule has 1 spiro atoms. The highest BCUT2D eigenvalue weighted by Gasteiger charge is 2.61. The predicted octanol–water partition coefficient (Wildman–Crippen LogP) is 2.87. The third-order valence-corrected chi connectivity index (χ3v) is 5.64. The van der Waals surface area contributed by atoms with Crippen LogP contribution in [0.5, 0.6) is 0 Å². The Hall–Kier alpha value is -0.910. The largest absolute Gasteiger partial charge is 0.458 e. The molecular formula is C18H25BrN2O2. The van der Waals surface area contributed by atoms with Crippen LogP contribution in [0.2, 0.25) is 0 Å². The Kier molecular flexibility index (Phi) is 4.10. The second-order valence-electron chi connectivity index (χ2n) is 7.82. The second-order valence-corrected chi connectivity index (χ2v) is 8.73. The molecule has 1 aliphatic carbocycles. The highest BCUT2D eigenvalue weighted by atomic mass is 79.9. The molecule has 1 fully saturated rings. The summed E-state index contributed by atoms with van der Waals surface area (Å²) in [5.74, 6) is -0.302. The number of carbonyl (C=O) groups is 1. The van der Waals surface area contributed by atoms with E-state index in [-0.39, 0.29) is 11.4 Å². The molecule has 1 aromatic rings. The topological polar surface area (TPSA) is 64.3 Å². The molecule has 0 radical (unpaired) electrons. The summed E-state index contributed by atoms with van der Waals surface area (Å²) in [6.45, 7) is 7.44. The summed E-state index contributed by atoms with van der Waals surface area (Å²) in [5.41, 5.74) is 7.07. The molecule has 1 aromatic carbocycles. The number of hydrogen-bond acceptors (Lipinski definition) is 4. The molecule has 4 nitrogen and oxygen atoms in total. The molecule has 23 heavy (non-hydrogen) atoms. The Morgan fingerprint density at radius 2 is 1.96 bits per heavy atom. The van der Waals surface area contributed by atoms with E-state index < -0.39 is 11.1 Å². The van der Waals surface area contributed by atoms with Crippen LogP contribution in [0.3, 0.4) is 0 Å². The summed E-state index contributed by atoms with van der Waals surface area (Å²) in [5, 5.41) is 3.38. The van der Waals surface area contributed by atoms with E-state index in [0.717, 1.165) is 42.4 Å². The third kappa shape index (κ3) is 2.73. The normalized spacial score (nSPS) is 26.1. The van der Waals surface area contributed by atoms with Gasteiger partial charge in [0.2, 0.25) is 0 Å². The first kappa shape index (κ1) is 16.9. The average Bonchev–Trinajstić information content (AvgIpc) is 2.69. The molecule has 126 valence electrons. The molecule has 1 unspecified atom stereocenters. The van der Waals surface area contributed by atoms with Crippen LogP contribution in [0.1, 0.15) is 44.7 Å². The van der Waals surface area contributed by atoms with Crippen LogP contribution >= 0.6 is 15.9 Å². The lowest BCUT2D eigenvalue weighted by atomic mass is 9.65. The van der Waals surface area contributed by atoms with Crippen molar-refractivity contribution in [2.24, 2.45) is 11.1 Å². The third-order valence-electron chi connectivity index (χ3n) is 5.14. The number of ether oxygens (including phenoxy) is 1. The van der Waals surface area contributed by atoms with Crippen molar-refractivity contribution in [2.75, 3.05) is 13.1 Å². The number of piperidine rings is 1. The molecule has 2 aliphatic rings. The fourth-order valence-corrected chi connectivity index (χ4v) is 4.38. The van der Waals surface area contributed by atoms with Crippen LogP contribution in [-0.2, 0) is 21.5 Å². The van der Waals surface area contributed by atoms with Gasteiger partial charge in [-0.2, -0.15) is 0 Å². The van der Waals surface area contributed by atoms with Gasteiger partial charge >= 0.3 is 5.97 Å². The van der Waals surface area contributed by atoms with E-state index in [2.05, 4.69) is 27.3 Å². The summed E-state index contributed by atoms with van der Waals surface area (Å²) >= 11 is 3.52. The van der Waals surface area contributed by atoms with Gasteiger partial charge in [0.15, 0.2) is 0 Å². The summed E-state index contributed by atoms with van der Waals surface area (Å²) in [4.78, 5) is 13.1. The van der Waals surface area contributed by atoms with Gasteiger partial charge in [-0.3, -0.25) is 0 Å². The van der Waals surface area contributed by atoms with E-state index in [1.165, 1.54) is 5.56 Å². The number of benzene rings is 1. The SMILES string of the molecule is CC(C)(C)OC(=O)C1(N)c2cc(Br)ccc2CC12CCNCC2. The van der Waals surface area contributed by atoms with Crippen LogP contribution in [0.15, 0.2) is 22.7 Å². The molecule has 1 heterocycles. The molecular weight excluding hydrogens is 356 g/mol. The molecule has 3 N–H and O–H groups in total. The molecule has 1 aliphatic heterocycles. The van der Waals surface area contributed by atoms with Gasteiger partial charge in [0.05, 0.1) is 0 Å².